The van der Waals surface area contributed by atoms with E-state index in [0.717, 1.165) is 17.9 Å². The Kier molecular flexibility index (Phi) is 7.04. The minimum absolute atomic E-state index is 0.185. The van der Waals surface area contributed by atoms with Crippen LogP contribution in [0.5, 0.6) is 0 Å². The Balaban J connectivity index is 0.000000254. The van der Waals surface area contributed by atoms with Crippen molar-refractivity contribution < 1.29 is 17.5 Å². The van der Waals surface area contributed by atoms with Gasteiger partial charge in [-0.05, 0) is 31.2 Å². The number of quaternary nitrogens is 1. The van der Waals surface area contributed by atoms with Crippen molar-refractivity contribution in [2.24, 2.45) is 0 Å². The molecule has 0 bridgehead atoms. The van der Waals surface area contributed by atoms with Crippen LogP contribution in [-0.4, -0.2) is 43.1 Å². The summed E-state index contributed by atoms with van der Waals surface area (Å²) < 4.78 is 31.5. The molecular weight excluding hydrogens is 326 g/mol. The highest BCUT2D eigenvalue weighted by Crippen LogP contribution is 2.07. The largest absolute Gasteiger partial charge is 0.744 e. The van der Waals surface area contributed by atoms with Gasteiger partial charge in [0.2, 0.25) is 0 Å². The molecule has 0 N–H and O–H groups in total. The Morgan fingerprint density at radius 2 is 1.75 bits per heavy atom. The predicted molar refractivity (Wildman–Crippen MR) is 89.7 cm³/mol. The third-order valence-electron chi connectivity index (χ3n) is 3.07. The Bertz CT molecular complexity index is 797. The minimum Gasteiger partial charge on any atom is -0.744 e. The summed E-state index contributed by atoms with van der Waals surface area (Å²) in [6, 6.07) is 15.4. The zero-order valence-corrected chi connectivity index (χ0v) is 14.8. The molecule has 0 saturated carbocycles. The lowest BCUT2D eigenvalue weighted by Gasteiger charge is -2.26. The van der Waals surface area contributed by atoms with Crippen LogP contribution in [0, 0.1) is 18.3 Å². The maximum Gasteiger partial charge on any atom is 0.166 e. The lowest BCUT2D eigenvalue weighted by molar-refractivity contribution is -0.897. The van der Waals surface area contributed by atoms with Crippen molar-refractivity contribution in [1.29, 1.82) is 5.26 Å². The van der Waals surface area contributed by atoms with Crippen molar-refractivity contribution in [3.63, 3.8) is 0 Å². The smallest absolute Gasteiger partial charge is 0.166 e. The number of benzene rings is 1. The van der Waals surface area contributed by atoms with Crippen LogP contribution in [0.15, 0.2) is 53.4 Å². The molecule has 0 aliphatic carbocycles. The molecule has 7 heteroatoms. The Labute approximate surface area is 143 Å². The number of nitriles is 1. The van der Waals surface area contributed by atoms with Crippen LogP contribution in [0.25, 0.3) is 0 Å². The molecule has 128 valence electrons. The van der Waals surface area contributed by atoms with Gasteiger partial charge >= 0.3 is 0 Å². The Hall–Kier alpha value is -2.27. The fourth-order valence-electron chi connectivity index (χ4n) is 1.96. The lowest BCUT2D eigenvalue weighted by atomic mass is 10.3. The first-order valence-corrected chi connectivity index (χ1v) is 8.67. The van der Waals surface area contributed by atoms with E-state index in [4.69, 9.17) is 5.26 Å². The number of aryl methyl sites for hydroxylation is 1. The van der Waals surface area contributed by atoms with Crippen molar-refractivity contribution in [3.05, 3.63) is 59.9 Å². The molecule has 0 aliphatic heterocycles. The van der Waals surface area contributed by atoms with Crippen LogP contribution in [0.3, 0.4) is 0 Å². The summed E-state index contributed by atoms with van der Waals surface area (Å²) in [5, 5.41) is 8.65. The molecule has 1 aromatic carbocycles. The molecule has 2 aromatic rings. The average Bonchev–Trinajstić information content (AvgIpc) is 2.47. The summed E-state index contributed by atoms with van der Waals surface area (Å²) in [6.07, 6.45) is 0. The van der Waals surface area contributed by atoms with Crippen LogP contribution in [0.4, 0.5) is 0 Å². The lowest BCUT2D eigenvalue weighted by Crippen LogP contribution is -2.39. The molecule has 0 aliphatic rings. The van der Waals surface area contributed by atoms with Crippen molar-refractivity contribution in [2.45, 2.75) is 18.4 Å². The first kappa shape index (κ1) is 19.8. The zero-order chi connectivity index (χ0) is 18.2. The highest BCUT2D eigenvalue weighted by molar-refractivity contribution is 7.85. The molecule has 2 rings (SSSR count). The summed E-state index contributed by atoms with van der Waals surface area (Å²) in [7, 11) is -0.183. The Morgan fingerprint density at radius 3 is 2.21 bits per heavy atom. The van der Waals surface area contributed by atoms with E-state index in [1.54, 1.807) is 6.07 Å². The second-order valence-electron chi connectivity index (χ2n) is 5.95. The van der Waals surface area contributed by atoms with E-state index in [0.29, 0.717) is 11.0 Å². The zero-order valence-electron chi connectivity index (χ0n) is 14.0. The molecule has 0 unspecified atom stereocenters. The van der Waals surface area contributed by atoms with E-state index in [-0.39, 0.29) is 4.90 Å². The molecule has 0 amide bonds. The minimum atomic E-state index is -4.25. The molecule has 1 aromatic heterocycles. The fourth-order valence-corrected chi connectivity index (χ4v) is 2.45. The first-order valence-electron chi connectivity index (χ1n) is 7.26. The average molecular weight is 347 g/mol. The second-order valence-corrected chi connectivity index (χ2v) is 7.33. The number of pyridine rings is 1. The molecular formula is C17H21N3O3S. The van der Waals surface area contributed by atoms with Crippen LogP contribution in [-0.2, 0) is 16.7 Å². The van der Waals surface area contributed by atoms with Gasteiger partial charge in [0, 0.05) is 5.69 Å². The third kappa shape index (κ3) is 7.33. The van der Waals surface area contributed by atoms with E-state index >= 15 is 0 Å². The maximum atomic E-state index is 10.3. The van der Waals surface area contributed by atoms with Crippen molar-refractivity contribution in [1.82, 2.24) is 4.98 Å². The molecule has 0 fully saturated rings. The normalized spacial score (nSPS) is 11.1. The Morgan fingerprint density at radius 1 is 1.12 bits per heavy atom. The molecule has 1 heterocycles. The monoisotopic (exact) mass is 347 g/mol. The summed E-state index contributed by atoms with van der Waals surface area (Å²) in [6.45, 7) is 3.29. The molecule has 0 spiro atoms. The van der Waals surface area contributed by atoms with Crippen molar-refractivity contribution in [2.75, 3.05) is 20.6 Å². The standard InChI is InChI=1S/C11H16N3.C6H6O3S/c1-10-5-4-6-11(13-10)9-14(2,3)8-7-12;7-10(8,9)6-4-2-1-3-5-6/h4-6H,8-9H2,1-3H3;1-5H,(H,7,8,9)/q+1;/p-1. The number of nitrogens with zero attached hydrogens (tertiary/aromatic N) is 3. The highest BCUT2D eigenvalue weighted by Gasteiger charge is 2.15. The second kappa shape index (κ2) is 8.55. The molecule has 0 saturated heterocycles. The summed E-state index contributed by atoms with van der Waals surface area (Å²) in [4.78, 5) is 4.23. The maximum absolute atomic E-state index is 10.3. The highest BCUT2D eigenvalue weighted by atomic mass is 32.2. The third-order valence-corrected chi connectivity index (χ3v) is 3.92. The van der Waals surface area contributed by atoms with E-state index in [1.165, 1.54) is 24.3 Å². The van der Waals surface area contributed by atoms with Gasteiger partial charge in [-0.15, -0.1) is 0 Å². The molecule has 24 heavy (non-hydrogen) atoms. The van der Waals surface area contributed by atoms with Crippen LogP contribution >= 0.6 is 0 Å². The number of hydrogen-bond acceptors (Lipinski definition) is 5. The predicted octanol–water partition coefficient (Wildman–Crippen LogP) is 2.08. The number of rotatable bonds is 4. The molecule has 0 radical (unpaired) electrons. The quantitative estimate of drug-likeness (QED) is 0.479. The van der Waals surface area contributed by atoms with Gasteiger partial charge in [-0.1, -0.05) is 24.3 Å². The number of aromatic nitrogens is 1. The van der Waals surface area contributed by atoms with E-state index < -0.39 is 10.1 Å². The van der Waals surface area contributed by atoms with Crippen LogP contribution < -0.4 is 0 Å². The van der Waals surface area contributed by atoms with Gasteiger partial charge in [0.25, 0.3) is 0 Å². The van der Waals surface area contributed by atoms with E-state index in [1.807, 2.05) is 39.2 Å². The first-order chi connectivity index (χ1) is 11.1. The van der Waals surface area contributed by atoms with Gasteiger partial charge in [-0.3, -0.25) is 4.98 Å². The van der Waals surface area contributed by atoms with Crippen LogP contribution in [0.2, 0.25) is 0 Å². The van der Waals surface area contributed by atoms with Gasteiger partial charge in [-0.2, -0.15) is 5.26 Å². The summed E-state index contributed by atoms with van der Waals surface area (Å²) in [5.41, 5.74) is 2.07. The molecule has 0 atom stereocenters. The van der Waals surface area contributed by atoms with Gasteiger partial charge in [0.15, 0.2) is 6.54 Å². The van der Waals surface area contributed by atoms with E-state index in [2.05, 4.69) is 11.1 Å². The van der Waals surface area contributed by atoms with Gasteiger partial charge in [-0.25, -0.2) is 8.42 Å². The van der Waals surface area contributed by atoms with E-state index in [9.17, 15) is 13.0 Å². The van der Waals surface area contributed by atoms with Gasteiger partial charge in [0.05, 0.1) is 24.7 Å². The van der Waals surface area contributed by atoms with Crippen molar-refractivity contribution in [3.8, 4) is 6.07 Å². The summed E-state index contributed by atoms with van der Waals surface area (Å²) >= 11 is 0. The van der Waals surface area contributed by atoms with Gasteiger partial charge in [0.1, 0.15) is 22.7 Å². The van der Waals surface area contributed by atoms with Crippen LogP contribution in [0.1, 0.15) is 11.4 Å². The van der Waals surface area contributed by atoms with Crippen molar-refractivity contribution >= 4 is 10.1 Å². The SMILES string of the molecule is Cc1cccc(C[N+](C)(C)CC#N)n1.O=S(=O)([O-])c1ccccc1. The van der Waals surface area contributed by atoms with Gasteiger partial charge < -0.3 is 9.04 Å². The topological polar surface area (TPSA) is 93.9 Å². The number of hydrogen-bond donors (Lipinski definition) is 0. The summed E-state index contributed by atoms with van der Waals surface area (Å²) in [5.74, 6) is 0. The fraction of sp³-hybridized carbons (Fsp3) is 0.294. The molecule has 6 nitrogen and oxygen atoms in total.